The van der Waals surface area contributed by atoms with Crippen molar-refractivity contribution in [3.8, 4) is 5.69 Å². The van der Waals surface area contributed by atoms with Crippen molar-refractivity contribution in [3.63, 3.8) is 0 Å². The summed E-state index contributed by atoms with van der Waals surface area (Å²) in [6.45, 7) is 2.44. The summed E-state index contributed by atoms with van der Waals surface area (Å²) in [4.78, 5) is 9.20. The van der Waals surface area contributed by atoms with E-state index < -0.39 is 0 Å². The van der Waals surface area contributed by atoms with E-state index in [0.717, 1.165) is 56.4 Å². The monoisotopic (exact) mass is 335 g/mol. The molecule has 2 fully saturated rings. The van der Waals surface area contributed by atoms with Crippen molar-refractivity contribution in [3.05, 3.63) is 60.7 Å². The lowest BCUT2D eigenvalue weighted by molar-refractivity contribution is 0.193. The third-order valence-corrected chi connectivity index (χ3v) is 5.29. The predicted molar refractivity (Wildman–Crippen MR) is 92.7 cm³/mol. The molecule has 1 aromatic carbocycles. The highest BCUT2D eigenvalue weighted by molar-refractivity contribution is 5.35. The number of imidazole rings is 1. The third-order valence-electron chi connectivity index (χ3n) is 5.29. The zero-order valence-corrected chi connectivity index (χ0v) is 14.1. The minimum Gasteiger partial charge on any atom is -0.381 e. The summed E-state index contributed by atoms with van der Waals surface area (Å²) in [5.74, 6) is 2.32. The smallest absolute Gasteiger partial charge is 0.156 e. The number of hydrogen-bond donors (Lipinski definition) is 0. The van der Waals surface area contributed by atoms with Gasteiger partial charge in [0.25, 0.3) is 0 Å². The van der Waals surface area contributed by atoms with Gasteiger partial charge >= 0.3 is 0 Å². The summed E-state index contributed by atoms with van der Waals surface area (Å²) < 4.78 is 9.75. The number of ether oxygens (including phenoxy) is 1. The second kappa shape index (κ2) is 5.81. The van der Waals surface area contributed by atoms with Gasteiger partial charge < -0.3 is 9.30 Å². The molecule has 25 heavy (non-hydrogen) atoms. The van der Waals surface area contributed by atoms with E-state index in [1.165, 1.54) is 0 Å². The van der Waals surface area contributed by atoms with Gasteiger partial charge in [-0.15, -0.1) is 0 Å². The second-order valence-electron chi connectivity index (χ2n) is 7.12. The van der Waals surface area contributed by atoms with E-state index in [1.807, 2.05) is 24.8 Å². The standard InChI is InChI=1S/C19H21N5O/c1-2-4-16(5-3-1)24-18(21-17(22-24)15-6-11-25-12-15)19(7-8-19)13-23-10-9-20-14-23/h1-5,9-10,14-15H,6-8,11-13H2/t15-/m0/s1. The van der Waals surface area contributed by atoms with Crippen LogP contribution in [0.5, 0.6) is 0 Å². The largest absolute Gasteiger partial charge is 0.381 e. The Hall–Kier alpha value is -2.47. The van der Waals surface area contributed by atoms with Gasteiger partial charge in [0.2, 0.25) is 0 Å². The van der Waals surface area contributed by atoms with Crippen LogP contribution in [0.2, 0.25) is 0 Å². The summed E-state index contributed by atoms with van der Waals surface area (Å²) in [5.41, 5.74) is 1.13. The van der Waals surface area contributed by atoms with Crippen LogP contribution in [0.4, 0.5) is 0 Å². The summed E-state index contributed by atoms with van der Waals surface area (Å²) in [6.07, 6.45) is 9.02. The maximum Gasteiger partial charge on any atom is 0.156 e. The molecule has 6 heteroatoms. The first-order valence-electron chi connectivity index (χ1n) is 8.90. The predicted octanol–water partition coefficient (Wildman–Crippen LogP) is 2.70. The molecule has 1 atom stereocenters. The molecule has 5 rings (SSSR count). The molecule has 1 saturated heterocycles. The molecule has 1 aliphatic heterocycles. The van der Waals surface area contributed by atoms with Crippen LogP contribution in [0.15, 0.2) is 49.1 Å². The molecule has 128 valence electrons. The van der Waals surface area contributed by atoms with Gasteiger partial charge in [-0.05, 0) is 31.4 Å². The molecular weight excluding hydrogens is 314 g/mol. The molecular formula is C19H21N5O. The van der Waals surface area contributed by atoms with Gasteiger partial charge in [-0.2, -0.15) is 5.10 Å². The fourth-order valence-electron chi connectivity index (χ4n) is 3.66. The van der Waals surface area contributed by atoms with Gasteiger partial charge in [0.1, 0.15) is 5.82 Å². The topological polar surface area (TPSA) is 57.8 Å². The van der Waals surface area contributed by atoms with Gasteiger partial charge in [0.15, 0.2) is 5.82 Å². The maximum atomic E-state index is 5.55. The highest BCUT2D eigenvalue weighted by atomic mass is 16.5. The highest BCUT2D eigenvalue weighted by Crippen LogP contribution is 2.49. The zero-order valence-electron chi connectivity index (χ0n) is 14.1. The molecule has 0 N–H and O–H groups in total. The maximum absolute atomic E-state index is 5.55. The molecule has 0 spiro atoms. The number of aromatic nitrogens is 5. The van der Waals surface area contributed by atoms with E-state index in [0.29, 0.717) is 5.92 Å². The lowest BCUT2D eigenvalue weighted by Gasteiger charge is -2.16. The fourth-order valence-corrected chi connectivity index (χ4v) is 3.66. The van der Waals surface area contributed by atoms with Crippen LogP contribution in [0, 0.1) is 0 Å². The Labute approximate surface area is 146 Å². The number of hydrogen-bond acceptors (Lipinski definition) is 4. The van der Waals surface area contributed by atoms with E-state index in [2.05, 4.69) is 38.5 Å². The average Bonchev–Trinajstić information content (AvgIpc) is 3.13. The Bertz CT molecular complexity index is 845. The lowest BCUT2D eigenvalue weighted by Crippen LogP contribution is -2.20. The normalized spacial score (nSPS) is 21.5. The van der Waals surface area contributed by atoms with Gasteiger partial charge in [0, 0.05) is 36.9 Å². The number of para-hydroxylation sites is 1. The van der Waals surface area contributed by atoms with Crippen molar-refractivity contribution in [1.29, 1.82) is 0 Å². The summed E-state index contributed by atoms with van der Waals surface area (Å²) in [6, 6.07) is 10.3. The van der Waals surface area contributed by atoms with Crippen molar-refractivity contribution in [2.45, 2.75) is 37.1 Å². The summed E-state index contributed by atoms with van der Waals surface area (Å²) in [7, 11) is 0. The minimum atomic E-state index is 0.0568. The van der Waals surface area contributed by atoms with Gasteiger partial charge in [-0.1, -0.05) is 18.2 Å². The Balaban J connectivity index is 1.57. The van der Waals surface area contributed by atoms with Crippen molar-refractivity contribution in [2.24, 2.45) is 0 Å². The van der Waals surface area contributed by atoms with E-state index in [4.69, 9.17) is 14.8 Å². The number of nitrogens with zero attached hydrogens (tertiary/aromatic N) is 5. The molecule has 1 saturated carbocycles. The molecule has 0 radical (unpaired) electrons. The van der Waals surface area contributed by atoms with Crippen LogP contribution in [0.3, 0.4) is 0 Å². The van der Waals surface area contributed by atoms with Crippen LogP contribution in [0.1, 0.15) is 36.8 Å². The SMILES string of the molecule is c1ccc(-n2nc([C@H]3CCOC3)nc2C2(Cn3ccnc3)CC2)cc1. The quantitative estimate of drug-likeness (QED) is 0.719. The van der Waals surface area contributed by atoms with Gasteiger partial charge in [-0.3, -0.25) is 0 Å². The lowest BCUT2D eigenvalue weighted by atomic mass is 10.1. The number of rotatable bonds is 5. The van der Waals surface area contributed by atoms with Crippen molar-refractivity contribution in [2.75, 3.05) is 13.2 Å². The third kappa shape index (κ3) is 2.66. The Kier molecular flexibility index (Phi) is 3.45. The van der Waals surface area contributed by atoms with Crippen molar-refractivity contribution in [1.82, 2.24) is 24.3 Å². The van der Waals surface area contributed by atoms with Crippen LogP contribution < -0.4 is 0 Å². The summed E-state index contributed by atoms with van der Waals surface area (Å²) in [5, 5.41) is 4.90. The molecule has 3 heterocycles. The van der Waals surface area contributed by atoms with Crippen LogP contribution in [-0.2, 0) is 16.7 Å². The van der Waals surface area contributed by atoms with Crippen LogP contribution >= 0.6 is 0 Å². The molecule has 0 bridgehead atoms. The van der Waals surface area contributed by atoms with Crippen LogP contribution in [0.25, 0.3) is 5.69 Å². The van der Waals surface area contributed by atoms with Crippen molar-refractivity contribution < 1.29 is 4.74 Å². The highest BCUT2D eigenvalue weighted by Gasteiger charge is 2.49. The zero-order chi connectivity index (χ0) is 16.7. The second-order valence-corrected chi connectivity index (χ2v) is 7.12. The number of benzene rings is 1. The van der Waals surface area contributed by atoms with E-state index in [-0.39, 0.29) is 5.41 Å². The molecule has 0 unspecified atom stereocenters. The Morgan fingerprint density at radius 3 is 2.76 bits per heavy atom. The molecule has 6 nitrogen and oxygen atoms in total. The molecule has 3 aromatic rings. The average molecular weight is 335 g/mol. The van der Waals surface area contributed by atoms with E-state index >= 15 is 0 Å². The minimum absolute atomic E-state index is 0.0568. The van der Waals surface area contributed by atoms with E-state index in [9.17, 15) is 0 Å². The molecule has 2 aromatic heterocycles. The first-order chi connectivity index (χ1) is 12.3. The Morgan fingerprint density at radius 2 is 2.08 bits per heavy atom. The van der Waals surface area contributed by atoms with Gasteiger partial charge in [0.05, 0.1) is 18.6 Å². The fraction of sp³-hybridized carbons (Fsp3) is 0.421. The Morgan fingerprint density at radius 1 is 1.20 bits per heavy atom. The molecule has 2 aliphatic rings. The molecule has 0 amide bonds. The summed E-state index contributed by atoms with van der Waals surface area (Å²) >= 11 is 0. The first kappa shape index (κ1) is 14.8. The van der Waals surface area contributed by atoms with Gasteiger partial charge in [-0.25, -0.2) is 14.6 Å². The van der Waals surface area contributed by atoms with Crippen molar-refractivity contribution >= 4 is 0 Å². The van der Waals surface area contributed by atoms with Crippen LogP contribution in [-0.4, -0.2) is 37.5 Å². The van der Waals surface area contributed by atoms with E-state index in [1.54, 1.807) is 0 Å². The first-order valence-corrected chi connectivity index (χ1v) is 8.90. The molecule has 1 aliphatic carbocycles.